The zero-order chi connectivity index (χ0) is 11.3. The van der Waals surface area contributed by atoms with E-state index in [1.54, 1.807) is 0 Å². The van der Waals surface area contributed by atoms with E-state index in [4.69, 9.17) is 9.47 Å². The predicted octanol–water partition coefficient (Wildman–Crippen LogP) is 0.106. The largest absolute Gasteiger partial charge is 0.467 e. The van der Waals surface area contributed by atoms with Crippen LogP contribution in [0.5, 0.6) is 0 Å². The van der Waals surface area contributed by atoms with E-state index in [2.05, 4.69) is 4.74 Å². The van der Waals surface area contributed by atoms with Gasteiger partial charge < -0.3 is 19.3 Å². The van der Waals surface area contributed by atoms with Crippen LogP contribution in [-0.4, -0.2) is 50.2 Å². The molecular weight excluding hydrogens is 200 g/mol. The molecule has 1 N–H and O–H groups in total. The molecule has 5 heteroatoms. The van der Waals surface area contributed by atoms with Crippen molar-refractivity contribution in [3.8, 4) is 0 Å². The molecule has 0 spiro atoms. The summed E-state index contributed by atoms with van der Waals surface area (Å²) < 4.78 is 15.0. The first kappa shape index (κ1) is 12.4. The number of rotatable bonds is 4. The lowest BCUT2D eigenvalue weighted by Crippen LogP contribution is -2.54. The van der Waals surface area contributed by atoms with E-state index in [9.17, 15) is 9.90 Å². The molecule has 0 bridgehead atoms. The Hall–Kier alpha value is -0.650. The lowest BCUT2D eigenvalue weighted by molar-refractivity contribution is -0.195. The van der Waals surface area contributed by atoms with Gasteiger partial charge in [-0.2, -0.15) is 0 Å². The van der Waals surface area contributed by atoms with Crippen LogP contribution in [0.2, 0.25) is 0 Å². The minimum Gasteiger partial charge on any atom is -0.467 e. The van der Waals surface area contributed by atoms with Gasteiger partial charge in [0.15, 0.2) is 6.10 Å². The molecule has 1 saturated heterocycles. The molecule has 1 aliphatic heterocycles. The number of carbonyl (C=O) groups excluding carboxylic acids is 1. The Bertz CT molecular complexity index is 204. The number of esters is 1. The van der Waals surface area contributed by atoms with Crippen molar-refractivity contribution >= 4 is 5.97 Å². The average molecular weight is 218 g/mol. The molecule has 0 saturated carbocycles. The average Bonchev–Trinajstić information content (AvgIpc) is 2.28. The van der Waals surface area contributed by atoms with E-state index in [-0.39, 0.29) is 6.61 Å². The fourth-order valence-electron chi connectivity index (χ4n) is 1.85. The molecule has 1 aliphatic rings. The number of hydrogen-bond donors (Lipinski definition) is 1. The molecule has 1 fully saturated rings. The van der Waals surface area contributed by atoms with Crippen molar-refractivity contribution in [1.29, 1.82) is 0 Å². The molecule has 1 heterocycles. The van der Waals surface area contributed by atoms with Crippen LogP contribution in [0.15, 0.2) is 0 Å². The monoisotopic (exact) mass is 218 g/mol. The lowest BCUT2D eigenvalue weighted by Gasteiger charge is -2.38. The summed E-state index contributed by atoms with van der Waals surface area (Å²) in [6, 6.07) is 0. The zero-order valence-electron chi connectivity index (χ0n) is 9.19. The molecule has 2 unspecified atom stereocenters. The van der Waals surface area contributed by atoms with Gasteiger partial charge in [0.2, 0.25) is 0 Å². The molecule has 2 atom stereocenters. The lowest BCUT2D eigenvalue weighted by atomic mass is 9.89. The number of ether oxygens (including phenoxy) is 3. The minimum atomic E-state index is -1.28. The van der Waals surface area contributed by atoms with Gasteiger partial charge in [0.25, 0.3) is 0 Å². The zero-order valence-corrected chi connectivity index (χ0v) is 9.19. The van der Waals surface area contributed by atoms with Crippen LogP contribution in [0, 0.1) is 0 Å². The molecule has 0 aliphatic carbocycles. The van der Waals surface area contributed by atoms with Crippen LogP contribution >= 0.6 is 0 Å². The molecular formula is C10H18O5. The Kier molecular flexibility index (Phi) is 4.50. The third kappa shape index (κ3) is 2.68. The molecule has 0 aromatic rings. The van der Waals surface area contributed by atoms with E-state index in [0.29, 0.717) is 13.0 Å². The SMILES string of the molecule is COCC1(C(O)C(=O)OC)CCCCO1. The molecule has 1 rings (SSSR count). The van der Waals surface area contributed by atoms with E-state index < -0.39 is 17.7 Å². The van der Waals surface area contributed by atoms with E-state index >= 15 is 0 Å². The Morgan fingerprint density at radius 2 is 2.27 bits per heavy atom. The van der Waals surface area contributed by atoms with Crippen molar-refractivity contribution in [2.24, 2.45) is 0 Å². The van der Waals surface area contributed by atoms with Crippen molar-refractivity contribution in [3.63, 3.8) is 0 Å². The van der Waals surface area contributed by atoms with Crippen molar-refractivity contribution in [2.75, 3.05) is 27.4 Å². The van der Waals surface area contributed by atoms with E-state index in [1.807, 2.05) is 0 Å². The highest BCUT2D eigenvalue weighted by Crippen LogP contribution is 2.29. The molecule has 5 nitrogen and oxygen atoms in total. The van der Waals surface area contributed by atoms with E-state index in [0.717, 1.165) is 12.8 Å². The molecule has 0 radical (unpaired) electrons. The Labute approximate surface area is 89.3 Å². The van der Waals surface area contributed by atoms with Crippen LogP contribution in [0.25, 0.3) is 0 Å². The van der Waals surface area contributed by atoms with Gasteiger partial charge in [-0.05, 0) is 19.3 Å². The molecule has 15 heavy (non-hydrogen) atoms. The maximum atomic E-state index is 11.3. The number of carbonyl (C=O) groups is 1. The normalized spacial score (nSPS) is 28.5. The third-order valence-electron chi connectivity index (χ3n) is 2.70. The maximum Gasteiger partial charge on any atom is 0.337 e. The summed E-state index contributed by atoms with van der Waals surface area (Å²) in [7, 11) is 2.76. The smallest absolute Gasteiger partial charge is 0.337 e. The van der Waals surface area contributed by atoms with Crippen molar-refractivity contribution in [2.45, 2.75) is 31.0 Å². The van der Waals surface area contributed by atoms with Gasteiger partial charge in [-0.3, -0.25) is 0 Å². The summed E-state index contributed by atoms with van der Waals surface area (Å²) >= 11 is 0. The Morgan fingerprint density at radius 1 is 1.53 bits per heavy atom. The highest BCUT2D eigenvalue weighted by atomic mass is 16.6. The predicted molar refractivity (Wildman–Crippen MR) is 52.4 cm³/mol. The fourth-order valence-corrected chi connectivity index (χ4v) is 1.85. The topological polar surface area (TPSA) is 65.0 Å². The quantitative estimate of drug-likeness (QED) is 0.678. The van der Waals surface area contributed by atoms with Gasteiger partial charge in [0, 0.05) is 13.7 Å². The van der Waals surface area contributed by atoms with Crippen LogP contribution < -0.4 is 0 Å². The molecule has 0 aromatic heterocycles. The van der Waals surface area contributed by atoms with Crippen LogP contribution in [0.3, 0.4) is 0 Å². The Balaban J connectivity index is 2.74. The first-order valence-electron chi connectivity index (χ1n) is 5.05. The van der Waals surface area contributed by atoms with Gasteiger partial charge in [0.05, 0.1) is 13.7 Å². The number of hydrogen-bond acceptors (Lipinski definition) is 5. The highest BCUT2D eigenvalue weighted by molar-refractivity contribution is 5.75. The summed E-state index contributed by atoms with van der Waals surface area (Å²) in [5.74, 6) is -0.672. The van der Waals surface area contributed by atoms with Gasteiger partial charge >= 0.3 is 5.97 Å². The second kappa shape index (κ2) is 5.44. The summed E-state index contributed by atoms with van der Waals surface area (Å²) in [5.41, 5.74) is -0.930. The van der Waals surface area contributed by atoms with Crippen molar-refractivity contribution in [1.82, 2.24) is 0 Å². The standard InChI is InChI=1S/C10H18O5/c1-13-7-10(5-3-4-6-15-10)8(11)9(12)14-2/h8,11H,3-7H2,1-2H3. The highest BCUT2D eigenvalue weighted by Gasteiger charge is 2.45. The summed E-state index contributed by atoms with van der Waals surface area (Å²) in [4.78, 5) is 11.3. The van der Waals surface area contributed by atoms with Gasteiger partial charge in [0.1, 0.15) is 5.60 Å². The van der Waals surface area contributed by atoms with Crippen LogP contribution in [0.1, 0.15) is 19.3 Å². The number of aliphatic hydroxyl groups excluding tert-OH is 1. The first-order chi connectivity index (χ1) is 7.16. The summed E-state index contributed by atoms with van der Waals surface area (Å²) in [5, 5.41) is 9.84. The first-order valence-corrected chi connectivity index (χ1v) is 5.05. The second-order valence-corrected chi connectivity index (χ2v) is 3.73. The summed E-state index contributed by atoms with van der Waals surface area (Å²) in [6.45, 7) is 0.737. The van der Waals surface area contributed by atoms with Crippen LogP contribution in [-0.2, 0) is 19.0 Å². The van der Waals surface area contributed by atoms with Crippen molar-refractivity contribution in [3.05, 3.63) is 0 Å². The van der Waals surface area contributed by atoms with Crippen molar-refractivity contribution < 1.29 is 24.1 Å². The molecule has 0 amide bonds. The fraction of sp³-hybridized carbons (Fsp3) is 0.900. The van der Waals surface area contributed by atoms with Gasteiger partial charge in [-0.1, -0.05) is 0 Å². The third-order valence-corrected chi connectivity index (χ3v) is 2.70. The maximum absolute atomic E-state index is 11.3. The molecule has 0 aromatic carbocycles. The number of methoxy groups -OCH3 is 2. The van der Waals surface area contributed by atoms with Gasteiger partial charge in [-0.15, -0.1) is 0 Å². The van der Waals surface area contributed by atoms with E-state index in [1.165, 1.54) is 14.2 Å². The minimum absolute atomic E-state index is 0.198. The second-order valence-electron chi connectivity index (χ2n) is 3.73. The van der Waals surface area contributed by atoms with Crippen LogP contribution in [0.4, 0.5) is 0 Å². The number of aliphatic hydroxyl groups is 1. The summed E-state index contributed by atoms with van der Waals surface area (Å²) in [6.07, 6.45) is 1.19. The molecule has 88 valence electrons. The van der Waals surface area contributed by atoms with Gasteiger partial charge in [-0.25, -0.2) is 4.79 Å². The Morgan fingerprint density at radius 3 is 2.73 bits per heavy atom.